The van der Waals surface area contributed by atoms with Crippen molar-refractivity contribution in [2.24, 2.45) is 10.3 Å². The Balaban J connectivity index is 2.95. The third-order valence-corrected chi connectivity index (χ3v) is 2.26. The number of amides is 1. The largest absolute Gasteiger partial charge is 0.448 e. The van der Waals surface area contributed by atoms with Crippen molar-refractivity contribution in [1.29, 1.82) is 0 Å². The van der Waals surface area contributed by atoms with Crippen molar-refractivity contribution >= 4 is 6.09 Å². The van der Waals surface area contributed by atoms with Gasteiger partial charge in [0.2, 0.25) is 0 Å². The highest BCUT2D eigenvalue weighted by Gasteiger charge is 2.41. The Morgan fingerprint density at radius 2 is 2.07 bits per heavy atom. The smallest absolute Gasteiger partial charge is 0.432 e. The number of hydrogen-bond acceptors (Lipinski definition) is 4. The van der Waals surface area contributed by atoms with Gasteiger partial charge in [0.15, 0.2) is 0 Å². The molecule has 1 amide bonds. The van der Waals surface area contributed by atoms with Crippen LogP contribution >= 0.6 is 0 Å². The van der Waals surface area contributed by atoms with Crippen LogP contribution in [0.1, 0.15) is 34.6 Å². The van der Waals surface area contributed by atoms with E-state index >= 15 is 0 Å². The maximum absolute atomic E-state index is 11.6. The van der Waals surface area contributed by atoms with Crippen LogP contribution in [0.2, 0.25) is 0 Å². The van der Waals surface area contributed by atoms with E-state index in [1.165, 1.54) is 5.01 Å². The number of carbonyl (C=O) groups is 1. The van der Waals surface area contributed by atoms with Crippen LogP contribution in [0.4, 0.5) is 4.79 Å². The summed E-state index contributed by atoms with van der Waals surface area (Å²) in [5.74, 6) is 0. The van der Waals surface area contributed by atoms with Crippen LogP contribution in [0.15, 0.2) is 21.6 Å². The molecular weight excluding hydrogens is 196 g/mol. The van der Waals surface area contributed by atoms with Crippen LogP contribution in [-0.4, -0.2) is 23.2 Å². The van der Waals surface area contributed by atoms with Crippen LogP contribution in [0.25, 0.3) is 0 Å². The van der Waals surface area contributed by atoms with Crippen molar-refractivity contribution in [1.82, 2.24) is 5.01 Å². The van der Waals surface area contributed by atoms with Gasteiger partial charge in [0.1, 0.15) is 5.54 Å². The van der Waals surface area contributed by atoms with Gasteiger partial charge < -0.3 is 4.74 Å². The highest BCUT2D eigenvalue weighted by Crippen LogP contribution is 2.34. The zero-order valence-corrected chi connectivity index (χ0v) is 9.87. The molecule has 15 heavy (non-hydrogen) atoms. The van der Waals surface area contributed by atoms with E-state index < -0.39 is 11.6 Å². The zero-order chi connectivity index (χ0) is 11.6. The number of carbonyl (C=O) groups excluding carboxylic acids is 1. The second-order valence-electron chi connectivity index (χ2n) is 4.11. The predicted molar refractivity (Wildman–Crippen MR) is 56.2 cm³/mol. The molecule has 0 aliphatic carbocycles. The summed E-state index contributed by atoms with van der Waals surface area (Å²) in [4.78, 5) is 11.6. The van der Waals surface area contributed by atoms with Gasteiger partial charge in [-0.3, -0.25) is 0 Å². The Hall–Kier alpha value is -1.39. The van der Waals surface area contributed by atoms with Gasteiger partial charge in [-0.15, -0.1) is 5.11 Å². The normalized spacial score (nSPS) is 18.2. The molecule has 0 spiro atoms. The van der Waals surface area contributed by atoms with Crippen molar-refractivity contribution in [2.45, 2.75) is 40.2 Å². The maximum atomic E-state index is 11.6. The predicted octanol–water partition coefficient (Wildman–Crippen LogP) is 2.90. The van der Waals surface area contributed by atoms with Gasteiger partial charge >= 0.3 is 6.09 Å². The van der Waals surface area contributed by atoms with Crippen LogP contribution < -0.4 is 0 Å². The lowest BCUT2D eigenvalue weighted by Gasteiger charge is -2.27. The minimum Gasteiger partial charge on any atom is -0.448 e. The van der Waals surface area contributed by atoms with E-state index in [0.29, 0.717) is 6.61 Å². The highest BCUT2D eigenvalue weighted by atomic mass is 16.6. The molecule has 0 aromatic carbocycles. The van der Waals surface area contributed by atoms with Crippen molar-refractivity contribution in [2.75, 3.05) is 6.61 Å². The Morgan fingerprint density at radius 1 is 1.47 bits per heavy atom. The minimum absolute atomic E-state index is 0.338. The second kappa shape index (κ2) is 4.00. The molecule has 1 rings (SSSR count). The molecule has 0 bridgehead atoms. The summed E-state index contributed by atoms with van der Waals surface area (Å²) in [5, 5.41) is 9.11. The number of nitrogens with zero attached hydrogens (tertiary/aromatic N) is 3. The SMILES string of the molecule is CCOC(=O)[15N]1N=[15N]C(=C(C)C)C1(C)C. The average Bonchev–Trinajstić information content (AvgIpc) is 2.41. The van der Waals surface area contributed by atoms with E-state index in [-0.39, 0.29) is 0 Å². The second-order valence-corrected chi connectivity index (χ2v) is 4.11. The molecule has 0 N–H and O–H groups in total. The van der Waals surface area contributed by atoms with Gasteiger partial charge in [0, 0.05) is 0 Å². The molecule has 0 radical (unpaired) electrons. The molecular formula is C10H17N3O2. The summed E-state index contributed by atoms with van der Waals surface area (Å²) < 4.78 is 4.90. The van der Waals surface area contributed by atoms with Crippen molar-refractivity contribution in [3.63, 3.8) is 0 Å². The fourth-order valence-corrected chi connectivity index (χ4v) is 1.59. The fraction of sp³-hybridized carbons (Fsp3) is 0.700. The summed E-state index contributed by atoms with van der Waals surface area (Å²) in [7, 11) is 0. The third-order valence-electron chi connectivity index (χ3n) is 2.26. The first kappa shape index (κ1) is 11.7. The van der Waals surface area contributed by atoms with Gasteiger partial charge in [0.25, 0.3) is 0 Å². The molecule has 1 aliphatic heterocycles. The lowest BCUT2D eigenvalue weighted by atomic mass is 10.0. The van der Waals surface area contributed by atoms with Crippen LogP contribution in [0.5, 0.6) is 0 Å². The third kappa shape index (κ3) is 2.00. The first-order valence-corrected chi connectivity index (χ1v) is 4.97. The molecule has 0 saturated carbocycles. The molecule has 0 aromatic rings. The van der Waals surface area contributed by atoms with Crippen LogP contribution in [0.3, 0.4) is 0 Å². The molecule has 0 atom stereocenters. The molecule has 0 unspecified atom stereocenters. The first-order valence-electron chi connectivity index (χ1n) is 4.97. The quantitative estimate of drug-likeness (QED) is 0.629. The number of rotatable bonds is 1. The number of ether oxygens (including phenoxy) is 1. The van der Waals surface area contributed by atoms with E-state index in [4.69, 9.17) is 4.74 Å². The minimum atomic E-state index is -0.523. The summed E-state index contributed by atoms with van der Waals surface area (Å²) in [6.07, 6.45) is -0.456. The van der Waals surface area contributed by atoms with Crippen molar-refractivity contribution < 1.29 is 9.53 Å². The Morgan fingerprint density at radius 3 is 2.47 bits per heavy atom. The summed E-state index contributed by atoms with van der Waals surface area (Å²) in [5.41, 5.74) is 1.34. The number of hydrogen-bond donors (Lipinski definition) is 0. The van der Waals surface area contributed by atoms with Gasteiger partial charge in [-0.2, -0.15) is 5.01 Å². The van der Waals surface area contributed by atoms with Gasteiger partial charge in [0.05, 0.1) is 12.3 Å². The molecule has 5 heteroatoms. The summed E-state index contributed by atoms with van der Waals surface area (Å²) in [6.45, 7) is 9.79. The Bertz CT molecular complexity index is 328. The maximum Gasteiger partial charge on any atom is 0.432 e. The van der Waals surface area contributed by atoms with Gasteiger partial charge in [-0.25, -0.2) is 4.79 Å². The molecule has 0 saturated heterocycles. The summed E-state index contributed by atoms with van der Waals surface area (Å²) >= 11 is 0. The molecule has 1 heterocycles. The van der Waals surface area contributed by atoms with Crippen molar-refractivity contribution in [3.8, 4) is 0 Å². The zero-order valence-electron chi connectivity index (χ0n) is 9.87. The molecule has 84 valence electrons. The molecule has 0 fully saturated rings. The first-order chi connectivity index (χ1) is 6.91. The topological polar surface area (TPSA) is 54.3 Å². The van der Waals surface area contributed by atoms with E-state index in [0.717, 1.165) is 11.3 Å². The average molecular weight is 213 g/mol. The van der Waals surface area contributed by atoms with E-state index in [2.05, 4.69) is 10.3 Å². The lowest BCUT2D eigenvalue weighted by molar-refractivity contribution is 0.0839. The highest BCUT2D eigenvalue weighted by molar-refractivity contribution is 5.69. The van der Waals surface area contributed by atoms with Crippen LogP contribution in [0, 0.1) is 0 Å². The lowest BCUT2D eigenvalue weighted by Crippen LogP contribution is -2.42. The van der Waals surface area contributed by atoms with Gasteiger partial charge in [-0.1, -0.05) is 10.8 Å². The summed E-state index contributed by atoms with van der Waals surface area (Å²) in [6, 6.07) is 0. The Kier molecular flexibility index (Phi) is 3.12. The van der Waals surface area contributed by atoms with Crippen molar-refractivity contribution in [3.05, 3.63) is 11.3 Å². The van der Waals surface area contributed by atoms with Gasteiger partial charge in [-0.05, 0) is 34.6 Å². The van der Waals surface area contributed by atoms with E-state index in [1.807, 2.05) is 27.7 Å². The fourth-order valence-electron chi connectivity index (χ4n) is 1.59. The van der Waals surface area contributed by atoms with E-state index in [1.54, 1.807) is 6.92 Å². The standard InChI is InChI=1S/C10H17N3O2/c1-6-15-9(14)13-10(4,5)8(7(2)3)11-12-13/h6H2,1-5H3/i11+1,13+1. The van der Waals surface area contributed by atoms with Crippen LogP contribution in [-0.2, 0) is 4.74 Å². The molecule has 5 nitrogen and oxygen atoms in total. The molecule has 1 aliphatic rings. The Labute approximate surface area is 89.8 Å². The van der Waals surface area contributed by atoms with E-state index in [9.17, 15) is 4.79 Å². The monoisotopic (exact) mass is 213 g/mol. The molecule has 0 aromatic heterocycles. The number of allylic oxidation sites excluding steroid dienone is 1.